The summed E-state index contributed by atoms with van der Waals surface area (Å²) >= 11 is 19.3. The molecular formula is C62H66F5N25O32P6S4. The number of ether oxygens (including phenoxy) is 6. The second-order valence-electron chi connectivity index (χ2n) is 30.5. The highest BCUT2D eigenvalue weighted by atomic mass is 32.7. The van der Waals surface area contributed by atoms with Crippen LogP contribution in [0.3, 0.4) is 0 Å². The number of fused-ring (bicyclic) bond motifs is 15. The Labute approximate surface area is 759 Å². The molecule has 6 unspecified atom stereocenters. The Hall–Kier alpha value is -8.25. The number of alkyl halides is 5. The minimum absolute atomic E-state index is 0.00967. The molecule has 0 saturated carbocycles. The maximum Gasteiger partial charge on any atom is 0.472 e. The third-order valence-corrected chi connectivity index (χ3v) is 30.2. The second kappa shape index (κ2) is 36.2. The molecule has 12 aliphatic heterocycles. The predicted octanol–water partition coefficient (Wildman–Crippen LogP) is 1.86. The number of nitrogens with two attached hydrogens (primary N) is 3. The summed E-state index contributed by atoms with van der Waals surface area (Å²) in [4.78, 5) is 178. The first-order valence-electron chi connectivity index (χ1n) is 39.0. The van der Waals surface area contributed by atoms with Crippen molar-refractivity contribution in [3.63, 3.8) is 0 Å². The predicted molar refractivity (Wildman–Crippen MR) is 447 cm³/mol. The van der Waals surface area contributed by atoms with Crippen LogP contribution in [0, 0.1) is 0 Å². The van der Waals surface area contributed by atoms with Gasteiger partial charge in [0.15, 0.2) is 147 Å². The molecule has 6 bridgehead atoms. The van der Waals surface area contributed by atoms with Gasteiger partial charge in [-0.25, -0.2) is 75.5 Å². The zero-order valence-electron chi connectivity index (χ0n) is 66.7. The van der Waals surface area contributed by atoms with E-state index >= 15 is 22.0 Å². The molecule has 29 atom stereocenters. The molecule has 21 heterocycles. The highest BCUT2D eigenvalue weighted by Crippen LogP contribution is 2.62. The van der Waals surface area contributed by atoms with Gasteiger partial charge in [-0.05, 0) is 35.4 Å². The van der Waals surface area contributed by atoms with Gasteiger partial charge in [0, 0.05) is 44.3 Å². The third kappa shape index (κ3) is 18.5. The number of thiol groups is 1. The summed E-state index contributed by atoms with van der Waals surface area (Å²) < 4.78 is 225. The Balaban J connectivity index is 0.000000129. The fourth-order valence-corrected chi connectivity index (χ4v) is 23.5. The number of nitrogen functional groups attached to an aromatic ring is 3. The summed E-state index contributed by atoms with van der Waals surface area (Å²) in [6.45, 7) is -22.0. The Kier molecular flexibility index (Phi) is 25.6. The third-order valence-electron chi connectivity index (χ3n) is 21.9. The number of nitrogens with zero attached hydrogens (tertiary/aromatic N) is 19. The molecule has 14 N–H and O–H groups in total. The van der Waals surface area contributed by atoms with Gasteiger partial charge >= 0.3 is 42.6 Å². The van der Waals surface area contributed by atoms with Crippen LogP contribution in [-0.4, -0.2) is 297 Å². The van der Waals surface area contributed by atoms with Gasteiger partial charge < -0.3 is 83.7 Å². The van der Waals surface area contributed by atoms with Crippen LogP contribution in [0.15, 0.2) is 61.0 Å². The largest absolute Gasteiger partial charge is 0.472 e. The molecule has 57 nitrogen and oxygen atoms in total. The van der Waals surface area contributed by atoms with E-state index in [1.807, 2.05) is 0 Å². The van der Waals surface area contributed by atoms with Crippen LogP contribution in [0.2, 0.25) is 0 Å². The standard InChI is InChI=1S/C21H22F2N8O10P2S2.C21H23FN8O12P2.C20H21F2N9O10P2S2/c22-10-8-3-36-42(34,44)40-14-9(39-19(11(14)23)30-5-26-12-7(32)1-2-25-16(12)30)4-37-43(35,45)41-15(10)20(38-8)31-6-27-13-17(31)28-21(24)29-18(13)33;22-13-11-5-38-43(33,34)41-9-3-12(29-6-25-14-8(31)1-2-24-17(14)29)39-10(9)4-37-44(35,36)42-16(13)20(40-11)30-7-26-15-18(30)27-21(23)28-19(15)32;21-9-7-3-36-42(34,44)40-13-8(39-18(10(13)22)31-15-11(28-29-31)6(32)1-2-24-15)4-37-43(35,45)41-14(9)19(38-7)30-5-25-12-16(30)26-20(23)27-17(12)33/h2,5-6,8-11,14-15,19-20H,1,3-4H2,(H,34,44)(H,35,45)(H3,24,28,29,33);2,6-7,9-13,16,20H,1,3-5H2,(H,33,34)(H,35,36)(H3,23,27,28,32);2,5,7-10,13-14,18-19H,1,3-4H2,(H,34,44)(H,35,45)(H3,23,26,27,33)/t8-,9-,10+,11+,14-,15-,19-,20-,42?,43?;9-,10+,11+,12+,13+,16+,20+;7-,8-,9+,10+,13-,14-,18-,19-,42?,43?/m101/s1. The minimum atomic E-state index is -5.10. The van der Waals surface area contributed by atoms with Gasteiger partial charge in [0.25, 0.3) is 16.7 Å². The molecule has 21 rings (SSSR count). The number of anilines is 3. The Morgan fingerprint density at radius 3 is 1.25 bits per heavy atom. The van der Waals surface area contributed by atoms with Crippen LogP contribution in [0.4, 0.5) is 57.3 Å². The number of hydrogen-bond acceptors (Lipinski definition) is 46. The molecule has 0 radical (unpaired) electrons. The molecule has 12 aliphatic rings. The Morgan fingerprint density at radius 1 is 0.396 bits per heavy atom. The van der Waals surface area contributed by atoms with E-state index in [0.29, 0.717) is 0 Å². The molecule has 0 amide bonds. The fraction of sp³-hybridized carbons (Fsp3) is 0.532. The molecule has 9 saturated heterocycles. The van der Waals surface area contributed by atoms with Crippen molar-refractivity contribution in [1.82, 2.24) is 92.7 Å². The average molecular weight is 2080 g/mol. The van der Waals surface area contributed by atoms with Gasteiger partial charge in [0.05, 0.1) is 71.3 Å². The molecule has 134 heavy (non-hydrogen) atoms. The molecule has 0 spiro atoms. The van der Waals surface area contributed by atoms with Crippen molar-refractivity contribution in [2.45, 2.75) is 167 Å². The first kappa shape index (κ1) is 94.7. The normalized spacial score (nSPS) is 38.4. The fourth-order valence-electron chi connectivity index (χ4n) is 15.9. The first-order valence-corrected chi connectivity index (χ1v) is 52.5. The number of carbonyl (C=O) groups is 3. The van der Waals surface area contributed by atoms with Crippen molar-refractivity contribution in [1.29, 1.82) is 0 Å². The van der Waals surface area contributed by atoms with Crippen LogP contribution in [-0.2, 0) is 132 Å². The van der Waals surface area contributed by atoms with E-state index in [1.54, 1.807) is 0 Å². The number of phosphoric acid groups is 2. The summed E-state index contributed by atoms with van der Waals surface area (Å²) in [7, 11) is -10.0. The van der Waals surface area contributed by atoms with E-state index in [1.165, 1.54) is 34.1 Å². The van der Waals surface area contributed by atoms with Crippen molar-refractivity contribution in [3.05, 3.63) is 79.8 Å². The van der Waals surface area contributed by atoms with Gasteiger partial charge in [-0.3, -0.25) is 107 Å². The lowest BCUT2D eigenvalue weighted by Crippen LogP contribution is -2.34. The minimum Gasteiger partial charge on any atom is -0.369 e. The SMILES string of the molecule is Nc1nc2c(ncn2[C@@H]2O[C@@H]3COP(=O)(O)O[C@H]4C[C@H](n5cnc6c5N=CCC6=O)O[C@@H]4COP(=O)(O)O[C@@H]2[C@@H]3F)c(=O)[nH]1.Nc1nc2c(ncn2[C@@H]2O[C@@H]3COP(O)(=S)O[C@H]4[C@H](F)[C@H](n5cnc6c5N=CCC6=O)O[C@@H]4COP(=O)(S)O[C@@H]2[C@H]3F)c(=O)[nH]1.Nc1nc2c(ncn2[C@@H]2O[C@@H]3COP(O)(=S)O[C@H]4[C@H](F)[C@H](n5nnc6c5N=CCC6=O)O[C@@H]4COP(O)(=S)O[C@@H]2[C@H]3F)c(=O)[nH]1. The molecule has 9 aromatic heterocycles. The maximum absolute atomic E-state index is 16.0. The molecule has 72 heteroatoms. The first-order chi connectivity index (χ1) is 63.5. The maximum atomic E-state index is 16.0. The lowest BCUT2D eigenvalue weighted by molar-refractivity contribution is -0.0670. The highest BCUT2D eigenvalue weighted by Gasteiger charge is 2.59. The van der Waals surface area contributed by atoms with E-state index in [4.69, 9.17) is 135 Å². The van der Waals surface area contributed by atoms with Crippen LogP contribution in [0.1, 0.15) is 94.5 Å². The van der Waals surface area contributed by atoms with Gasteiger partial charge in [-0.1, -0.05) is 17.5 Å². The van der Waals surface area contributed by atoms with Gasteiger partial charge in [0.2, 0.25) is 17.8 Å². The van der Waals surface area contributed by atoms with Crippen LogP contribution >= 0.6 is 54.8 Å². The number of Topliss-reactive ketones (excluding diaryl/α,β-unsaturated/α-hetero) is 3. The van der Waals surface area contributed by atoms with E-state index in [2.05, 4.69) is 92.4 Å². The van der Waals surface area contributed by atoms with Crippen LogP contribution < -0.4 is 33.9 Å². The number of aromatic nitrogens is 19. The van der Waals surface area contributed by atoms with Crippen molar-refractivity contribution in [3.8, 4) is 0 Å². The van der Waals surface area contributed by atoms with Crippen molar-refractivity contribution < 1.29 is 157 Å². The van der Waals surface area contributed by atoms with Crippen molar-refractivity contribution in [2.75, 3.05) is 56.8 Å². The van der Waals surface area contributed by atoms with Gasteiger partial charge in [-0.2, -0.15) is 19.6 Å². The number of hydrogen-bond donors (Lipinski definition) is 12. The summed E-state index contributed by atoms with van der Waals surface area (Å²) in [5.41, 5.74) is 14.0. The van der Waals surface area contributed by atoms with E-state index in [9.17, 15) is 66.9 Å². The van der Waals surface area contributed by atoms with Crippen molar-refractivity contribution in [2.24, 2.45) is 15.0 Å². The molecule has 9 aromatic rings. The van der Waals surface area contributed by atoms with E-state index in [0.717, 1.165) is 43.7 Å². The number of ketones is 3. The number of phosphoric ester groups is 2. The van der Waals surface area contributed by atoms with Gasteiger partial charge in [-0.15, -0.1) is 5.10 Å². The highest BCUT2D eigenvalue weighted by molar-refractivity contribution is 8.44. The Morgan fingerprint density at radius 2 is 0.761 bits per heavy atom. The number of imidazole rings is 5. The number of carbonyl (C=O) groups excluding carboxylic acids is 3. The van der Waals surface area contributed by atoms with E-state index < -0.39 is 246 Å². The molecular weight excluding hydrogens is 2020 g/mol. The smallest absolute Gasteiger partial charge is 0.369 e. The topological polar surface area (TPSA) is 742 Å². The van der Waals surface area contributed by atoms with Crippen LogP contribution in [0.5, 0.6) is 0 Å². The molecule has 0 aliphatic carbocycles. The number of H-pyrrole nitrogens is 3. The summed E-state index contributed by atoms with van der Waals surface area (Å²) in [5, 5.41) is 7.56. The van der Waals surface area contributed by atoms with E-state index in [-0.39, 0.29) is 123 Å². The number of nitrogens with one attached hydrogen (secondary N) is 3. The second-order valence-corrected chi connectivity index (χ2v) is 44.5. The monoisotopic (exact) mass is 2080 g/mol. The zero-order valence-corrected chi connectivity index (χ0v) is 75.4. The number of halogens is 5. The Bertz CT molecular complexity index is 6570. The summed E-state index contributed by atoms with van der Waals surface area (Å²) in [5.74, 6) is -1.66. The molecule has 720 valence electrons. The summed E-state index contributed by atoms with van der Waals surface area (Å²) in [6, 6.07) is 0. The number of aromatic amines is 3. The van der Waals surface area contributed by atoms with Gasteiger partial charge in [0.1, 0.15) is 79.5 Å². The molecule has 9 fully saturated rings. The number of rotatable bonds is 6. The summed E-state index contributed by atoms with van der Waals surface area (Å²) in [6.07, 6.45) is -28.1. The number of aliphatic imine (C=N–C) groups is 3. The average Bonchev–Trinajstić information content (AvgIpc) is 1.62. The van der Waals surface area contributed by atoms with Crippen molar-refractivity contribution >= 4 is 195 Å². The lowest BCUT2D eigenvalue weighted by Gasteiger charge is -2.27. The van der Waals surface area contributed by atoms with Crippen LogP contribution in [0.25, 0.3) is 33.5 Å². The molecule has 0 aromatic carbocycles. The lowest BCUT2D eigenvalue weighted by atomic mass is 10.1. The zero-order chi connectivity index (χ0) is 94.6. The quantitative estimate of drug-likeness (QED) is 0.0642.